The van der Waals surface area contributed by atoms with Gasteiger partial charge in [0.25, 0.3) is 0 Å². The zero-order chi connectivity index (χ0) is 13.0. The van der Waals surface area contributed by atoms with Crippen molar-refractivity contribution in [3.8, 4) is 11.8 Å². The van der Waals surface area contributed by atoms with Gasteiger partial charge in [-0.3, -0.25) is 0 Å². The van der Waals surface area contributed by atoms with E-state index < -0.39 is 0 Å². The van der Waals surface area contributed by atoms with Crippen molar-refractivity contribution in [3.63, 3.8) is 0 Å². The van der Waals surface area contributed by atoms with Crippen molar-refractivity contribution in [3.05, 3.63) is 12.1 Å². The van der Waals surface area contributed by atoms with E-state index in [9.17, 15) is 0 Å². The van der Waals surface area contributed by atoms with Gasteiger partial charge < -0.3 is 19.9 Å². The van der Waals surface area contributed by atoms with Crippen LogP contribution in [0, 0.1) is 0 Å². The molecule has 1 fully saturated rings. The van der Waals surface area contributed by atoms with E-state index >= 15 is 0 Å². The first-order valence-corrected chi connectivity index (χ1v) is 6.32. The number of nitrogens with two attached hydrogens (primary N) is 1. The Morgan fingerprint density at radius 2 is 2.33 bits per heavy atom. The number of hydrogen-bond donors (Lipinski definition) is 1. The molecule has 2 rings (SSSR count). The summed E-state index contributed by atoms with van der Waals surface area (Å²) in [6.45, 7) is 5.21. The minimum Gasteiger partial charge on any atom is -0.475 e. The minimum absolute atomic E-state index is 0.0354. The molecule has 1 aromatic heterocycles. The Morgan fingerprint density at radius 3 is 3.00 bits per heavy atom. The van der Waals surface area contributed by atoms with Crippen LogP contribution in [0.15, 0.2) is 12.1 Å². The third-order valence-electron chi connectivity index (χ3n) is 2.65. The molecule has 0 amide bonds. The Hall–Kier alpha value is -1.49. The van der Waals surface area contributed by atoms with E-state index in [4.69, 9.17) is 19.9 Å². The Balaban J connectivity index is 1.95. The van der Waals surface area contributed by atoms with Crippen molar-refractivity contribution in [2.75, 3.05) is 18.9 Å². The highest BCUT2D eigenvalue weighted by Gasteiger charge is 2.16. The first kappa shape index (κ1) is 13.0. The first-order valence-electron chi connectivity index (χ1n) is 6.32. The minimum atomic E-state index is 0.0354. The van der Waals surface area contributed by atoms with Gasteiger partial charge in [0.2, 0.25) is 11.8 Å². The lowest BCUT2D eigenvalue weighted by Gasteiger charge is -2.14. The van der Waals surface area contributed by atoms with E-state index in [2.05, 4.69) is 4.98 Å². The lowest BCUT2D eigenvalue weighted by atomic mass is 10.2. The van der Waals surface area contributed by atoms with Gasteiger partial charge in [-0.05, 0) is 32.8 Å². The molecule has 0 radical (unpaired) electrons. The number of rotatable bonds is 5. The molecule has 2 heterocycles. The van der Waals surface area contributed by atoms with Crippen LogP contribution in [0.2, 0.25) is 0 Å². The van der Waals surface area contributed by atoms with E-state index in [0.717, 1.165) is 19.4 Å². The molecule has 1 aliphatic rings. The Kier molecular flexibility index (Phi) is 4.25. The summed E-state index contributed by atoms with van der Waals surface area (Å²) in [5.74, 6) is 0.949. The van der Waals surface area contributed by atoms with Crippen LogP contribution in [0.1, 0.15) is 26.7 Å². The van der Waals surface area contributed by atoms with Crippen molar-refractivity contribution >= 4 is 5.69 Å². The van der Waals surface area contributed by atoms with Gasteiger partial charge in [-0.15, -0.1) is 0 Å². The predicted molar refractivity (Wildman–Crippen MR) is 68.9 cm³/mol. The SMILES string of the molecule is CC(C)Oc1nc(OCC2CCCO2)ccc1N. The average Bonchev–Trinajstić information content (AvgIpc) is 2.82. The summed E-state index contributed by atoms with van der Waals surface area (Å²) >= 11 is 0. The number of nitrogen functional groups attached to an aromatic ring is 1. The van der Waals surface area contributed by atoms with E-state index in [-0.39, 0.29) is 12.2 Å². The largest absolute Gasteiger partial charge is 0.475 e. The highest BCUT2D eigenvalue weighted by atomic mass is 16.5. The highest BCUT2D eigenvalue weighted by Crippen LogP contribution is 2.23. The van der Waals surface area contributed by atoms with Gasteiger partial charge in [-0.25, -0.2) is 0 Å². The monoisotopic (exact) mass is 252 g/mol. The van der Waals surface area contributed by atoms with Crippen molar-refractivity contribution in [2.45, 2.75) is 38.9 Å². The second-order valence-electron chi connectivity index (χ2n) is 4.66. The number of nitrogens with zero attached hydrogens (tertiary/aromatic N) is 1. The standard InChI is InChI=1S/C13H20N2O3/c1-9(2)18-13-11(14)5-6-12(15-13)17-8-10-4-3-7-16-10/h5-6,9-10H,3-4,7-8,14H2,1-2H3. The Morgan fingerprint density at radius 1 is 1.50 bits per heavy atom. The van der Waals surface area contributed by atoms with Crippen LogP contribution in [0.3, 0.4) is 0 Å². The topological polar surface area (TPSA) is 66.6 Å². The summed E-state index contributed by atoms with van der Waals surface area (Å²) in [7, 11) is 0. The molecule has 1 atom stereocenters. The van der Waals surface area contributed by atoms with Crippen LogP contribution in [0.5, 0.6) is 11.8 Å². The maximum atomic E-state index is 5.79. The fourth-order valence-corrected chi connectivity index (χ4v) is 1.79. The molecular weight excluding hydrogens is 232 g/mol. The van der Waals surface area contributed by atoms with Crippen LogP contribution in [0.25, 0.3) is 0 Å². The van der Waals surface area contributed by atoms with Crippen LogP contribution >= 0.6 is 0 Å². The molecule has 1 saturated heterocycles. The molecule has 2 N–H and O–H groups in total. The number of ether oxygens (including phenoxy) is 3. The summed E-state index contributed by atoms with van der Waals surface area (Å²) in [4.78, 5) is 4.25. The van der Waals surface area contributed by atoms with Crippen molar-refractivity contribution in [2.24, 2.45) is 0 Å². The molecule has 1 aromatic rings. The second-order valence-corrected chi connectivity index (χ2v) is 4.66. The van der Waals surface area contributed by atoms with Gasteiger partial charge in [-0.2, -0.15) is 4.98 Å². The van der Waals surface area contributed by atoms with Gasteiger partial charge in [0, 0.05) is 12.7 Å². The molecule has 18 heavy (non-hydrogen) atoms. The normalized spacial score (nSPS) is 19.2. The van der Waals surface area contributed by atoms with E-state index in [1.807, 2.05) is 13.8 Å². The van der Waals surface area contributed by atoms with Gasteiger partial charge in [-0.1, -0.05) is 0 Å². The zero-order valence-corrected chi connectivity index (χ0v) is 10.9. The molecule has 100 valence electrons. The lowest BCUT2D eigenvalue weighted by molar-refractivity contribution is 0.0659. The highest BCUT2D eigenvalue weighted by molar-refractivity contribution is 5.49. The van der Waals surface area contributed by atoms with Crippen molar-refractivity contribution < 1.29 is 14.2 Å². The molecule has 0 aliphatic carbocycles. The molecule has 0 aromatic carbocycles. The Labute approximate surface area is 107 Å². The van der Waals surface area contributed by atoms with E-state index in [1.165, 1.54) is 0 Å². The predicted octanol–water partition coefficient (Wildman–Crippen LogP) is 2.01. The van der Waals surface area contributed by atoms with Gasteiger partial charge in [0.1, 0.15) is 6.61 Å². The van der Waals surface area contributed by atoms with Gasteiger partial charge in [0.05, 0.1) is 17.9 Å². The molecule has 1 aliphatic heterocycles. The smallest absolute Gasteiger partial charge is 0.240 e. The molecule has 5 nitrogen and oxygen atoms in total. The molecule has 0 bridgehead atoms. The summed E-state index contributed by atoms with van der Waals surface area (Å²) in [5.41, 5.74) is 6.31. The number of aromatic nitrogens is 1. The molecule has 0 spiro atoms. The van der Waals surface area contributed by atoms with Crippen molar-refractivity contribution in [1.82, 2.24) is 4.98 Å². The quantitative estimate of drug-likeness (QED) is 0.868. The lowest BCUT2D eigenvalue weighted by Crippen LogP contribution is -2.17. The zero-order valence-electron chi connectivity index (χ0n) is 10.9. The second kappa shape index (κ2) is 5.91. The molecule has 1 unspecified atom stereocenters. The Bertz CT molecular complexity index is 390. The molecule has 0 saturated carbocycles. The van der Waals surface area contributed by atoms with Gasteiger partial charge in [0.15, 0.2) is 0 Å². The number of anilines is 1. The molecule has 5 heteroatoms. The third kappa shape index (κ3) is 3.50. The number of hydrogen-bond acceptors (Lipinski definition) is 5. The van der Waals surface area contributed by atoms with Crippen molar-refractivity contribution in [1.29, 1.82) is 0 Å². The van der Waals surface area contributed by atoms with Crippen LogP contribution in [-0.2, 0) is 4.74 Å². The van der Waals surface area contributed by atoms with Crippen LogP contribution < -0.4 is 15.2 Å². The fraction of sp³-hybridized carbons (Fsp3) is 0.615. The van der Waals surface area contributed by atoms with Crippen LogP contribution in [0.4, 0.5) is 5.69 Å². The first-order chi connectivity index (χ1) is 8.65. The maximum absolute atomic E-state index is 5.79. The summed E-state index contributed by atoms with van der Waals surface area (Å²) in [6.07, 6.45) is 2.36. The van der Waals surface area contributed by atoms with Crippen LogP contribution in [-0.4, -0.2) is 30.4 Å². The number of pyridine rings is 1. The fourth-order valence-electron chi connectivity index (χ4n) is 1.79. The maximum Gasteiger partial charge on any atom is 0.240 e. The van der Waals surface area contributed by atoms with E-state index in [0.29, 0.717) is 24.1 Å². The van der Waals surface area contributed by atoms with E-state index in [1.54, 1.807) is 12.1 Å². The average molecular weight is 252 g/mol. The van der Waals surface area contributed by atoms with Gasteiger partial charge >= 0.3 is 0 Å². The summed E-state index contributed by atoms with van der Waals surface area (Å²) in [5, 5.41) is 0. The summed E-state index contributed by atoms with van der Waals surface area (Å²) in [6, 6.07) is 3.49. The molecular formula is C13H20N2O3. The third-order valence-corrected chi connectivity index (χ3v) is 2.65. The summed E-state index contributed by atoms with van der Waals surface area (Å²) < 4.78 is 16.6.